The van der Waals surface area contributed by atoms with Crippen LogP contribution in [0.4, 0.5) is 5.82 Å². The molecular weight excluding hydrogens is 258 g/mol. The number of aryl methyl sites for hydroxylation is 1. The van der Waals surface area contributed by atoms with E-state index in [1.165, 1.54) is 13.4 Å². The van der Waals surface area contributed by atoms with E-state index in [0.29, 0.717) is 5.78 Å². The topological polar surface area (TPSA) is 72.6 Å². The van der Waals surface area contributed by atoms with E-state index in [-0.39, 0.29) is 11.9 Å². The van der Waals surface area contributed by atoms with Gasteiger partial charge in [0.05, 0.1) is 13.0 Å². The van der Waals surface area contributed by atoms with Gasteiger partial charge in [-0.25, -0.2) is 4.98 Å². The van der Waals surface area contributed by atoms with Gasteiger partial charge in [0.25, 0.3) is 5.78 Å². The minimum atomic E-state index is -0.110. The number of nitrogens with zero attached hydrogens (tertiary/aromatic N) is 5. The zero-order valence-corrected chi connectivity index (χ0v) is 11.6. The van der Waals surface area contributed by atoms with Gasteiger partial charge in [0.2, 0.25) is 0 Å². The van der Waals surface area contributed by atoms with E-state index >= 15 is 0 Å². The second-order valence-corrected chi connectivity index (χ2v) is 5.01. The van der Waals surface area contributed by atoms with Crippen LogP contribution in [0.1, 0.15) is 18.5 Å². The largest absolute Gasteiger partial charge is 0.469 e. The van der Waals surface area contributed by atoms with Gasteiger partial charge in [-0.15, -0.1) is 0 Å². The standard InChI is InChI=1S/C13H17N5O2/c1-9-7-11(18-13(16-9)14-8-15-18)17-5-3-10(4-6-17)12(19)20-2/h7-8,10H,3-6H2,1-2H3. The number of carbonyl (C=O) groups excluding carboxylic acids is 1. The molecule has 0 bridgehead atoms. The molecule has 20 heavy (non-hydrogen) atoms. The number of rotatable bonds is 2. The Balaban J connectivity index is 1.83. The first-order valence-corrected chi connectivity index (χ1v) is 6.69. The summed E-state index contributed by atoms with van der Waals surface area (Å²) in [4.78, 5) is 22.2. The number of fused-ring (bicyclic) bond motifs is 1. The number of anilines is 1. The predicted octanol–water partition coefficient (Wildman–Crippen LogP) is 0.822. The lowest BCUT2D eigenvalue weighted by atomic mass is 9.97. The summed E-state index contributed by atoms with van der Waals surface area (Å²) in [6.45, 7) is 3.55. The van der Waals surface area contributed by atoms with Gasteiger partial charge in [0.1, 0.15) is 12.1 Å². The number of piperidine rings is 1. The molecule has 0 atom stereocenters. The number of aromatic nitrogens is 4. The fraction of sp³-hybridized carbons (Fsp3) is 0.538. The van der Waals surface area contributed by atoms with Crippen molar-refractivity contribution in [2.24, 2.45) is 5.92 Å². The summed E-state index contributed by atoms with van der Waals surface area (Å²) >= 11 is 0. The van der Waals surface area contributed by atoms with Crippen molar-refractivity contribution in [1.82, 2.24) is 19.6 Å². The lowest BCUT2D eigenvalue weighted by Crippen LogP contribution is -2.37. The minimum Gasteiger partial charge on any atom is -0.469 e. The summed E-state index contributed by atoms with van der Waals surface area (Å²) in [6, 6.07) is 2.00. The van der Waals surface area contributed by atoms with Crippen molar-refractivity contribution in [3.8, 4) is 0 Å². The van der Waals surface area contributed by atoms with Crippen LogP contribution in [0.2, 0.25) is 0 Å². The Morgan fingerprint density at radius 3 is 2.85 bits per heavy atom. The van der Waals surface area contributed by atoms with Gasteiger partial charge in [0, 0.05) is 24.8 Å². The molecule has 0 saturated carbocycles. The molecule has 0 N–H and O–H groups in total. The van der Waals surface area contributed by atoms with Gasteiger partial charge in [-0.2, -0.15) is 14.6 Å². The lowest BCUT2D eigenvalue weighted by molar-refractivity contribution is -0.146. The maximum absolute atomic E-state index is 11.6. The first kappa shape index (κ1) is 12.8. The van der Waals surface area contributed by atoms with Crippen molar-refractivity contribution in [2.45, 2.75) is 19.8 Å². The molecule has 3 rings (SSSR count). The highest BCUT2D eigenvalue weighted by Gasteiger charge is 2.27. The smallest absolute Gasteiger partial charge is 0.308 e. The molecule has 0 aliphatic carbocycles. The Labute approximate surface area is 116 Å². The van der Waals surface area contributed by atoms with Crippen LogP contribution in [0.15, 0.2) is 12.4 Å². The molecule has 2 aromatic rings. The van der Waals surface area contributed by atoms with Crippen LogP contribution < -0.4 is 4.90 Å². The number of carbonyl (C=O) groups is 1. The average Bonchev–Trinajstić information content (AvgIpc) is 2.94. The van der Waals surface area contributed by atoms with Crippen molar-refractivity contribution in [3.63, 3.8) is 0 Å². The first-order chi connectivity index (χ1) is 9.69. The summed E-state index contributed by atoms with van der Waals surface area (Å²) in [5.74, 6) is 1.48. The fourth-order valence-electron chi connectivity index (χ4n) is 2.65. The van der Waals surface area contributed by atoms with Crippen LogP contribution in [0.5, 0.6) is 0 Å². The first-order valence-electron chi connectivity index (χ1n) is 6.69. The predicted molar refractivity (Wildman–Crippen MR) is 72.5 cm³/mol. The Hall–Kier alpha value is -2.18. The summed E-state index contributed by atoms with van der Waals surface area (Å²) in [5, 5.41) is 4.22. The molecule has 0 radical (unpaired) electrons. The molecule has 0 amide bonds. The number of hydrogen-bond donors (Lipinski definition) is 0. The van der Waals surface area contributed by atoms with Crippen molar-refractivity contribution in [2.75, 3.05) is 25.1 Å². The Kier molecular flexibility index (Phi) is 3.25. The summed E-state index contributed by atoms with van der Waals surface area (Å²) in [5.41, 5.74) is 0.913. The lowest BCUT2D eigenvalue weighted by Gasteiger charge is -2.32. The van der Waals surface area contributed by atoms with Crippen molar-refractivity contribution >= 4 is 17.6 Å². The SMILES string of the molecule is COC(=O)C1CCN(c2cc(C)nc3ncnn23)CC1. The van der Waals surface area contributed by atoms with Gasteiger partial charge >= 0.3 is 5.97 Å². The van der Waals surface area contributed by atoms with E-state index in [1.54, 1.807) is 4.52 Å². The second-order valence-electron chi connectivity index (χ2n) is 5.01. The number of esters is 1. The molecule has 7 nitrogen and oxygen atoms in total. The van der Waals surface area contributed by atoms with E-state index in [9.17, 15) is 4.79 Å². The third-order valence-electron chi connectivity index (χ3n) is 3.71. The Morgan fingerprint density at radius 1 is 1.40 bits per heavy atom. The van der Waals surface area contributed by atoms with E-state index < -0.39 is 0 Å². The number of hydrogen-bond acceptors (Lipinski definition) is 6. The van der Waals surface area contributed by atoms with Gasteiger partial charge in [-0.1, -0.05) is 0 Å². The molecule has 2 aromatic heterocycles. The average molecular weight is 275 g/mol. The van der Waals surface area contributed by atoms with Gasteiger partial charge in [0.15, 0.2) is 0 Å². The van der Waals surface area contributed by atoms with Crippen molar-refractivity contribution in [1.29, 1.82) is 0 Å². The van der Waals surface area contributed by atoms with Gasteiger partial charge < -0.3 is 9.64 Å². The van der Waals surface area contributed by atoms with Crippen molar-refractivity contribution < 1.29 is 9.53 Å². The minimum absolute atomic E-state index is 0.00502. The molecule has 0 spiro atoms. The molecule has 106 valence electrons. The van der Waals surface area contributed by atoms with Crippen LogP contribution in [0, 0.1) is 12.8 Å². The molecule has 0 unspecified atom stereocenters. The number of ether oxygens (including phenoxy) is 1. The third-order valence-corrected chi connectivity index (χ3v) is 3.71. The molecule has 7 heteroatoms. The van der Waals surface area contributed by atoms with Crippen LogP contribution in [0.3, 0.4) is 0 Å². The van der Waals surface area contributed by atoms with Gasteiger partial charge in [-0.3, -0.25) is 4.79 Å². The maximum Gasteiger partial charge on any atom is 0.308 e. The molecular formula is C13H17N5O2. The Morgan fingerprint density at radius 2 is 2.15 bits per heavy atom. The molecule has 3 heterocycles. The quantitative estimate of drug-likeness (QED) is 0.756. The molecule has 1 saturated heterocycles. The highest BCUT2D eigenvalue weighted by Crippen LogP contribution is 2.24. The fourth-order valence-corrected chi connectivity index (χ4v) is 2.65. The summed E-state index contributed by atoms with van der Waals surface area (Å²) < 4.78 is 6.55. The highest BCUT2D eigenvalue weighted by atomic mass is 16.5. The highest BCUT2D eigenvalue weighted by molar-refractivity contribution is 5.72. The van der Waals surface area contributed by atoms with Crippen LogP contribution >= 0.6 is 0 Å². The maximum atomic E-state index is 11.6. The zero-order chi connectivity index (χ0) is 14.1. The van der Waals surface area contributed by atoms with Crippen LogP contribution in [0.25, 0.3) is 5.78 Å². The number of methoxy groups -OCH3 is 1. The Bertz CT molecular complexity index is 631. The van der Waals surface area contributed by atoms with Crippen molar-refractivity contribution in [3.05, 3.63) is 18.1 Å². The molecule has 1 aliphatic rings. The monoisotopic (exact) mass is 275 g/mol. The summed E-state index contributed by atoms with van der Waals surface area (Å²) in [6.07, 6.45) is 3.10. The van der Waals surface area contributed by atoms with Crippen LogP contribution in [-0.4, -0.2) is 45.8 Å². The van der Waals surface area contributed by atoms with E-state index in [2.05, 4.69) is 20.0 Å². The zero-order valence-electron chi connectivity index (χ0n) is 11.6. The third kappa shape index (κ3) is 2.19. The molecule has 1 aliphatic heterocycles. The molecule has 0 aromatic carbocycles. The van der Waals surface area contributed by atoms with Gasteiger partial charge in [-0.05, 0) is 19.8 Å². The normalized spacial score (nSPS) is 16.6. The van der Waals surface area contributed by atoms with E-state index in [1.807, 2.05) is 13.0 Å². The summed E-state index contributed by atoms with van der Waals surface area (Å²) in [7, 11) is 1.44. The van der Waals surface area contributed by atoms with E-state index in [0.717, 1.165) is 37.4 Å². The molecule has 1 fully saturated rings. The van der Waals surface area contributed by atoms with E-state index in [4.69, 9.17) is 4.74 Å². The second kappa shape index (κ2) is 5.07. The van der Waals surface area contributed by atoms with Crippen LogP contribution in [-0.2, 0) is 9.53 Å².